The molecule has 0 aliphatic heterocycles. The molecule has 0 heterocycles. The quantitative estimate of drug-likeness (QED) is 0.234. The van der Waals surface area contributed by atoms with Crippen molar-refractivity contribution in [3.8, 4) is 0 Å². The van der Waals surface area contributed by atoms with Crippen LogP contribution in [0.15, 0.2) is 0 Å². The molecule has 1 radical (unpaired) electrons. The molecule has 0 nitrogen and oxygen atoms in total. The number of hydrogen-bond donors (Lipinski definition) is 0. The molecule has 0 spiro atoms. The van der Waals surface area contributed by atoms with Gasteiger partial charge in [-0.05, 0) is 0 Å². The van der Waals surface area contributed by atoms with E-state index in [2.05, 4.69) is 0 Å². The average Bonchev–Trinajstić information content (AvgIpc) is 0.918. The van der Waals surface area contributed by atoms with E-state index >= 15 is 0 Å². The van der Waals surface area contributed by atoms with Crippen LogP contribution < -0.4 is 0 Å². The van der Waals surface area contributed by atoms with Gasteiger partial charge in [-0.2, -0.15) is 13.8 Å². The van der Waals surface area contributed by atoms with E-state index in [0.29, 0.717) is 0 Å². The molecule has 5 heavy (non-hydrogen) atoms. The van der Waals surface area contributed by atoms with Gasteiger partial charge in [-0.3, -0.25) is 0 Å². The monoisotopic (exact) mass is 183 g/mol. The third-order valence-corrected chi connectivity index (χ3v) is 0. The molecule has 0 aromatic heterocycles. The zero-order valence-corrected chi connectivity index (χ0v) is 5.70. The van der Waals surface area contributed by atoms with E-state index in [1.807, 2.05) is 20.3 Å². The Bertz CT molecular complexity index is 6.85. The molecular formula is C3H8AgS-2. The van der Waals surface area contributed by atoms with Gasteiger partial charge >= 0.3 is 0 Å². The molecule has 0 saturated carbocycles. The zero-order valence-electron chi connectivity index (χ0n) is 3.33. The minimum atomic E-state index is 0. The van der Waals surface area contributed by atoms with E-state index in [4.69, 9.17) is 0 Å². The van der Waals surface area contributed by atoms with Crippen molar-refractivity contribution in [3.05, 3.63) is 6.42 Å². The fourth-order valence-electron chi connectivity index (χ4n) is 0. The summed E-state index contributed by atoms with van der Waals surface area (Å²) in [6.45, 7) is 4.00. The Balaban J connectivity index is -0.0000000200. The first kappa shape index (κ1) is 16.5. The molecule has 2 heteroatoms. The zero-order chi connectivity index (χ0) is 2.71. The van der Waals surface area contributed by atoms with Crippen LogP contribution in [0.5, 0.6) is 0 Å². The summed E-state index contributed by atoms with van der Waals surface area (Å²) in [4.78, 5) is 0. The largest absolute Gasteiger partial charge is 0.813 e. The topological polar surface area (TPSA) is 0 Å². The minimum absolute atomic E-state index is 0. The first-order chi connectivity index (χ1) is 1.41. The van der Waals surface area contributed by atoms with Crippen LogP contribution in [0.25, 0.3) is 0 Å². The SMILES string of the molecule is C[CH-]C.[Ag].[SH-]. The van der Waals surface area contributed by atoms with Gasteiger partial charge in [-0.1, -0.05) is 0 Å². The van der Waals surface area contributed by atoms with Crippen molar-refractivity contribution in [1.82, 2.24) is 0 Å². The van der Waals surface area contributed by atoms with Crippen LogP contribution >= 0.6 is 0 Å². The Morgan fingerprint density at radius 3 is 1.20 bits per heavy atom. The van der Waals surface area contributed by atoms with Gasteiger partial charge < -0.3 is 19.9 Å². The molecule has 0 fully saturated rings. The van der Waals surface area contributed by atoms with Gasteiger partial charge in [0.05, 0.1) is 0 Å². The molecule has 0 aromatic rings. The summed E-state index contributed by atoms with van der Waals surface area (Å²) in [5.41, 5.74) is 0. The molecular weight excluding hydrogens is 176 g/mol. The van der Waals surface area contributed by atoms with Crippen LogP contribution in [0.3, 0.4) is 0 Å². The van der Waals surface area contributed by atoms with Crippen molar-refractivity contribution in [2.45, 2.75) is 13.8 Å². The molecule has 0 atom stereocenters. The average molecular weight is 184 g/mol. The van der Waals surface area contributed by atoms with Crippen LogP contribution in [0.2, 0.25) is 0 Å². The van der Waals surface area contributed by atoms with Crippen molar-refractivity contribution in [2.24, 2.45) is 0 Å². The van der Waals surface area contributed by atoms with E-state index in [0.717, 1.165) is 0 Å². The molecule has 0 amide bonds. The second-order valence-corrected chi connectivity index (χ2v) is 0.577. The third-order valence-electron chi connectivity index (χ3n) is 0. The summed E-state index contributed by atoms with van der Waals surface area (Å²) in [6, 6.07) is 0. The third kappa shape index (κ3) is 40.9. The van der Waals surface area contributed by atoms with Gasteiger partial charge in [0.15, 0.2) is 0 Å². The van der Waals surface area contributed by atoms with Crippen LogP contribution in [0, 0.1) is 6.42 Å². The predicted octanol–water partition coefficient (Wildman–Crippen LogP) is 0.958. The molecule has 0 unspecified atom stereocenters. The molecule has 0 N–H and O–H groups in total. The summed E-state index contributed by atoms with van der Waals surface area (Å²) in [6.07, 6.45) is 2.00. The van der Waals surface area contributed by atoms with Crippen molar-refractivity contribution in [2.75, 3.05) is 0 Å². The molecule has 0 saturated heterocycles. The maximum atomic E-state index is 2.00. The van der Waals surface area contributed by atoms with Gasteiger partial charge in [0, 0.05) is 22.4 Å². The van der Waals surface area contributed by atoms with E-state index in [-0.39, 0.29) is 35.9 Å². The summed E-state index contributed by atoms with van der Waals surface area (Å²) < 4.78 is 0. The Morgan fingerprint density at radius 2 is 1.20 bits per heavy atom. The van der Waals surface area contributed by atoms with Gasteiger partial charge in [0.25, 0.3) is 0 Å². The van der Waals surface area contributed by atoms with Crippen LogP contribution in [0.4, 0.5) is 0 Å². The smallest absolute Gasteiger partial charge is 0 e. The second kappa shape index (κ2) is 19.5. The van der Waals surface area contributed by atoms with E-state index in [9.17, 15) is 0 Å². The van der Waals surface area contributed by atoms with Gasteiger partial charge in [-0.15, -0.1) is 0 Å². The van der Waals surface area contributed by atoms with E-state index in [1.165, 1.54) is 0 Å². The number of thiol groups is 1. The summed E-state index contributed by atoms with van der Waals surface area (Å²) >= 11 is 0. The van der Waals surface area contributed by atoms with E-state index < -0.39 is 0 Å². The number of rotatable bonds is 0. The Labute approximate surface area is 56.3 Å². The molecule has 0 aromatic carbocycles. The molecule has 0 rings (SSSR count). The Kier molecular flexibility index (Phi) is 64.4. The summed E-state index contributed by atoms with van der Waals surface area (Å²) in [5.74, 6) is 0. The van der Waals surface area contributed by atoms with Crippen molar-refractivity contribution in [3.63, 3.8) is 0 Å². The minimum Gasteiger partial charge on any atom is -0.813 e. The van der Waals surface area contributed by atoms with Crippen LogP contribution in [0.1, 0.15) is 13.8 Å². The standard InChI is InChI=1S/C3H7.Ag.H2S/c1-3-2;;/h3H,1-2H3;;1H2/q-1;;/p-1. The second-order valence-electron chi connectivity index (χ2n) is 0.577. The molecule has 0 aliphatic rings. The predicted molar refractivity (Wildman–Crippen MR) is 24.4 cm³/mol. The van der Waals surface area contributed by atoms with Crippen molar-refractivity contribution >= 4 is 13.5 Å². The van der Waals surface area contributed by atoms with Gasteiger partial charge in [-0.25, -0.2) is 0 Å². The summed E-state index contributed by atoms with van der Waals surface area (Å²) in [7, 11) is 0. The molecule has 0 aliphatic carbocycles. The van der Waals surface area contributed by atoms with Crippen molar-refractivity contribution < 1.29 is 22.4 Å². The molecule has 39 valence electrons. The molecule has 0 bridgehead atoms. The fraction of sp³-hybridized carbons (Fsp3) is 0.667. The maximum absolute atomic E-state index is 2.00. The Morgan fingerprint density at radius 1 is 1.20 bits per heavy atom. The Hall–Kier alpha value is 1.09. The van der Waals surface area contributed by atoms with E-state index in [1.54, 1.807) is 0 Å². The first-order valence-electron chi connectivity index (χ1n) is 1.15. The van der Waals surface area contributed by atoms with Crippen LogP contribution in [-0.2, 0) is 35.9 Å². The van der Waals surface area contributed by atoms with Gasteiger partial charge in [0.1, 0.15) is 0 Å². The van der Waals surface area contributed by atoms with Crippen molar-refractivity contribution in [1.29, 1.82) is 0 Å². The van der Waals surface area contributed by atoms with Crippen LogP contribution in [-0.4, -0.2) is 0 Å². The maximum Gasteiger partial charge on any atom is 0 e. The summed E-state index contributed by atoms with van der Waals surface area (Å²) in [5, 5.41) is 0. The fourth-order valence-corrected chi connectivity index (χ4v) is 0. The first-order valence-corrected chi connectivity index (χ1v) is 1.15. The van der Waals surface area contributed by atoms with Gasteiger partial charge in [0.2, 0.25) is 0 Å². The number of hydrogen-bond acceptors (Lipinski definition) is 1. The normalized spacial score (nSPS) is 3.60.